The summed E-state index contributed by atoms with van der Waals surface area (Å²) < 4.78 is 33.7. The molecular formula is C14H14F2N2O. The maximum absolute atomic E-state index is 14.3. The summed E-state index contributed by atoms with van der Waals surface area (Å²) in [4.78, 5) is 3.86. The first-order chi connectivity index (χ1) is 9.25. The average molecular weight is 264 g/mol. The predicted molar refractivity (Wildman–Crippen MR) is 68.2 cm³/mol. The zero-order chi connectivity index (χ0) is 13.2. The van der Waals surface area contributed by atoms with Crippen LogP contribution in [0.4, 0.5) is 8.78 Å². The number of nitrogens with one attached hydrogen (secondary N) is 1. The summed E-state index contributed by atoms with van der Waals surface area (Å²) in [6.07, 6.45) is 4.30. The monoisotopic (exact) mass is 264 g/mol. The molecule has 0 radical (unpaired) electrons. The summed E-state index contributed by atoms with van der Waals surface area (Å²) in [5.74, 6) is -1.59. The number of aromatic nitrogens is 1. The Morgan fingerprint density at radius 3 is 2.84 bits per heavy atom. The quantitative estimate of drug-likeness (QED) is 0.905. The van der Waals surface area contributed by atoms with Crippen molar-refractivity contribution in [1.82, 2.24) is 10.3 Å². The Bertz CT molecular complexity index is 597. The van der Waals surface area contributed by atoms with Gasteiger partial charge in [0.1, 0.15) is 6.10 Å². The lowest BCUT2D eigenvalue weighted by Crippen LogP contribution is -2.34. The van der Waals surface area contributed by atoms with Crippen molar-refractivity contribution < 1.29 is 13.5 Å². The molecule has 19 heavy (non-hydrogen) atoms. The predicted octanol–water partition coefficient (Wildman–Crippen LogP) is 2.64. The molecule has 1 aliphatic rings. The van der Waals surface area contributed by atoms with Crippen LogP contribution < -0.4 is 10.1 Å². The number of piperidine rings is 1. The molecule has 3 rings (SSSR count). The fourth-order valence-electron chi connectivity index (χ4n) is 2.34. The minimum atomic E-state index is -0.670. The Kier molecular flexibility index (Phi) is 3.29. The van der Waals surface area contributed by atoms with Crippen molar-refractivity contribution in [3.05, 3.63) is 36.2 Å². The van der Waals surface area contributed by atoms with Crippen molar-refractivity contribution >= 4 is 10.8 Å². The van der Waals surface area contributed by atoms with Gasteiger partial charge in [0.25, 0.3) is 0 Å². The highest BCUT2D eigenvalue weighted by Gasteiger charge is 2.21. The van der Waals surface area contributed by atoms with Crippen LogP contribution in [0.25, 0.3) is 10.8 Å². The fourth-order valence-corrected chi connectivity index (χ4v) is 2.34. The molecule has 1 N–H and O–H groups in total. The third-order valence-corrected chi connectivity index (χ3v) is 3.36. The first kappa shape index (κ1) is 12.3. The average Bonchev–Trinajstić information content (AvgIpc) is 2.45. The van der Waals surface area contributed by atoms with Gasteiger partial charge >= 0.3 is 0 Å². The molecule has 5 heteroatoms. The van der Waals surface area contributed by atoms with Gasteiger partial charge in [0.05, 0.1) is 0 Å². The lowest BCUT2D eigenvalue weighted by molar-refractivity contribution is 0.149. The van der Waals surface area contributed by atoms with Crippen LogP contribution in [0.15, 0.2) is 24.5 Å². The number of pyridine rings is 1. The summed E-state index contributed by atoms with van der Waals surface area (Å²) in [7, 11) is 0. The van der Waals surface area contributed by atoms with Gasteiger partial charge in [0.2, 0.25) is 0 Å². The summed E-state index contributed by atoms with van der Waals surface area (Å²) in [5.41, 5.74) is 0. The second kappa shape index (κ2) is 5.09. The Balaban J connectivity index is 1.98. The number of ether oxygens (including phenoxy) is 1. The summed E-state index contributed by atoms with van der Waals surface area (Å²) >= 11 is 0. The minimum Gasteiger partial charge on any atom is -0.484 e. The number of hydrogen-bond acceptors (Lipinski definition) is 3. The third kappa shape index (κ3) is 2.38. The van der Waals surface area contributed by atoms with E-state index in [2.05, 4.69) is 10.3 Å². The van der Waals surface area contributed by atoms with Gasteiger partial charge in [-0.15, -0.1) is 0 Å². The van der Waals surface area contributed by atoms with Crippen LogP contribution in [-0.2, 0) is 0 Å². The molecule has 0 amide bonds. The van der Waals surface area contributed by atoms with Crippen molar-refractivity contribution in [3.8, 4) is 5.75 Å². The molecule has 100 valence electrons. The summed E-state index contributed by atoms with van der Waals surface area (Å²) in [6, 6.07) is 2.79. The van der Waals surface area contributed by atoms with Crippen molar-refractivity contribution in [2.75, 3.05) is 13.1 Å². The van der Waals surface area contributed by atoms with Crippen LogP contribution >= 0.6 is 0 Å². The van der Waals surface area contributed by atoms with Crippen molar-refractivity contribution in [2.45, 2.75) is 18.9 Å². The Morgan fingerprint density at radius 1 is 1.26 bits per heavy atom. The number of halogens is 2. The maximum Gasteiger partial charge on any atom is 0.191 e. The normalized spacial score (nSPS) is 16.7. The molecule has 1 aliphatic heterocycles. The number of fused-ring (bicyclic) bond motifs is 1. The third-order valence-electron chi connectivity index (χ3n) is 3.36. The summed E-state index contributed by atoms with van der Waals surface area (Å²) in [5, 5.41) is 3.96. The van der Waals surface area contributed by atoms with E-state index >= 15 is 0 Å². The van der Waals surface area contributed by atoms with E-state index < -0.39 is 11.6 Å². The topological polar surface area (TPSA) is 34.1 Å². The largest absolute Gasteiger partial charge is 0.484 e. The van der Waals surface area contributed by atoms with Gasteiger partial charge in [0.15, 0.2) is 17.4 Å². The number of nitrogens with zero attached hydrogens (tertiary/aromatic N) is 1. The van der Waals surface area contributed by atoms with E-state index in [1.165, 1.54) is 24.5 Å². The number of hydrogen-bond donors (Lipinski definition) is 1. The smallest absolute Gasteiger partial charge is 0.191 e. The van der Waals surface area contributed by atoms with Gasteiger partial charge in [-0.25, -0.2) is 8.78 Å². The van der Waals surface area contributed by atoms with E-state index in [0.29, 0.717) is 10.8 Å². The SMILES string of the molecule is Fc1cc2cnccc2c(F)c1OC1CCNCC1. The number of rotatable bonds is 2. The fraction of sp³-hybridized carbons (Fsp3) is 0.357. The zero-order valence-corrected chi connectivity index (χ0v) is 10.3. The molecule has 3 nitrogen and oxygen atoms in total. The van der Waals surface area contributed by atoms with Gasteiger partial charge < -0.3 is 10.1 Å². The maximum atomic E-state index is 14.3. The second-order valence-corrected chi connectivity index (χ2v) is 4.67. The second-order valence-electron chi connectivity index (χ2n) is 4.67. The highest BCUT2D eigenvalue weighted by Crippen LogP contribution is 2.30. The van der Waals surface area contributed by atoms with E-state index in [1.807, 2.05) is 0 Å². The van der Waals surface area contributed by atoms with E-state index in [-0.39, 0.29) is 11.9 Å². The van der Waals surface area contributed by atoms with E-state index in [0.717, 1.165) is 25.9 Å². The van der Waals surface area contributed by atoms with Gasteiger partial charge in [-0.05, 0) is 38.1 Å². The highest BCUT2D eigenvalue weighted by molar-refractivity contribution is 5.83. The highest BCUT2D eigenvalue weighted by atomic mass is 19.1. The molecule has 0 atom stereocenters. The van der Waals surface area contributed by atoms with Crippen LogP contribution in [-0.4, -0.2) is 24.2 Å². The Labute approximate surface area is 109 Å². The molecule has 0 spiro atoms. The molecule has 2 heterocycles. The molecule has 1 aromatic carbocycles. The minimum absolute atomic E-state index is 0.135. The van der Waals surface area contributed by atoms with E-state index in [1.54, 1.807) is 0 Å². The van der Waals surface area contributed by atoms with Crippen LogP contribution in [0.2, 0.25) is 0 Å². The van der Waals surface area contributed by atoms with E-state index in [4.69, 9.17) is 4.74 Å². The molecule has 1 fully saturated rings. The van der Waals surface area contributed by atoms with Crippen molar-refractivity contribution in [2.24, 2.45) is 0 Å². The molecule has 1 saturated heterocycles. The first-order valence-corrected chi connectivity index (χ1v) is 6.35. The Morgan fingerprint density at radius 2 is 2.05 bits per heavy atom. The molecule has 0 saturated carbocycles. The molecule has 0 aliphatic carbocycles. The van der Waals surface area contributed by atoms with Crippen LogP contribution in [0.1, 0.15) is 12.8 Å². The Hall–Kier alpha value is -1.75. The van der Waals surface area contributed by atoms with Gasteiger partial charge in [-0.1, -0.05) is 0 Å². The summed E-state index contributed by atoms with van der Waals surface area (Å²) in [6.45, 7) is 1.62. The molecule has 0 bridgehead atoms. The molecule has 1 aromatic heterocycles. The van der Waals surface area contributed by atoms with Crippen molar-refractivity contribution in [1.29, 1.82) is 0 Å². The van der Waals surface area contributed by atoms with Crippen LogP contribution in [0, 0.1) is 11.6 Å². The van der Waals surface area contributed by atoms with Gasteiger partial charge in [-0.3, -0.25) is 4.98 Å². The standard InChI is InChI=1S/C14H14F2N2O/c15-12-7-9-8-18-6-3-11(9)13(16)14(12)19-10-1-4-17-5-2-10/h3,6-8,10,17H,1-2,4-5H2. The lowest BCUT2D eigenvalue weighted by atomic mass is 10.1. The zero-order valence-electron chi connectivity index (χ0n) is 10.3. The number of benzene rings is 1. The van der Waals surface area contributed by atoms with Crippen LogP contribution in [0.5, 0.6) is 5.75 Å². The first-order valence-electron chi connectivity index (χ1n) is 6.35. The van der Waals surface area contributed by atoms with Gasteiger partial charge in [0, 0.05) is 23.2 Å². The molecule has 2 aromatic rings. The van der Waals surface area contributed by atoms with Gasteiger partial charge in [-0.2, -0.15) is 0 Å². The van der Waals surface area contributed by atoms with E-state index in [9.17, 15) is 8.78 Å². The molecule has 0 unspecified atom stereocenters. The molecular weight excluding hydrogens is 250 g/mol. The van der Waals surface area contributed by atoms with Crippen LogP contribution in [0.3, 0.4) is 0 Å². The van der Waals surface area contributed by atoms with Crippen molar-refractivity contribution in [3.63, 3.8) is 0 Å². The lowest BCUT2D eigenvalue weighted by Gasteiger charge is -2.24.